The third-order valence-corrected chi connectivity index (χ3v) is 6.54. The number of anilines is 1. The Balaban J connectivity index is 1.41. The third kappa shape index (κ3) is 4.34. The summed E-state index contributed by atoms with van der Waals surface area (Å²) >= 11 is 0. The molecule has 2 saturated heterocycles. The minimum Gasteiger partial charge on any atom is -0.309 e. The van der Waals surface area contributed by atoms with Gasteiger partial charge in [-0.15, -0.1) is 0 Å². The van der Waals surface area contributed by atoms with Crippen LogP contribution in [0.2, 0.25) is 0 Å². The first kappa shape index (κ1) is 20.2. The number of carbonyl (C=O) groups is 1. The summed E-state index contributed by atoms with van der Waals surface area (Å²) in [5, 5.41) is 12.9. The topological polar surface area (TPSA) is 75.1 Å². The molecular formula is C24H30N6O. The lowest BCUT2D eigenvalue weighted by Gasteiger charge is -2.26. The maximum absolute atomic E-state index is 12.4. The molecule has 0 bridgehead atoms. The van der Waals surface area contributed by atoms with Crippen molar-refractivity contribution >= 4 is 22.5 Å². The smallest absolute Gasteiger partial charge is 0.242 e. The number of amides is 1. The maximum Gasteiger partial charge on any atom is 0.242 e. The first-order chi connectivity index (χ1) is 15.2. The van der Waals surface area contributed by atoms with Crippen LogP contribution < -0.4 is 10.6 Å². The van der Waals surface area contributed by atoms with Crippen molar-refractivity contribution in [2.45, 2.75) is 44.7 Å². The zero-order valence-electron chi connectivity index (χ0n) is 18.1. The quantitative estimate of drug-likeness (QED) is 0.665. The number of rotatable bonds is 5. The second-order valence-electron chi connectivity index (χ2n) is 8.74. The molecule has 0 spiro atoms. The predicted molar refractivity (Wildman–Crippen MR) is 123 cm³/mol. The number of nitrogens with zero attached hydrogens (tertiary/aromatic N) is 4. The fraction of sp³-hybridized carbons (Fsp3) is 0.458. The Morgan fingerprint density at radius 3 is 2.81 bits per heavy atom. The van der Waals surface area contributed by atoms with E-state index >= 15 is 0 Å². The molecule has 0 radical (unpaired) electrons. The molecule has 2 aliphatic heterocycles. The molecule has 162 valence electrons. The number of pyridine rings is 1. The molecule has 2 N–H and O–H groups in total. The molecule has 4 heterocycles. The van der Waals surface area contributed by atoms with Crippen molar-refractivity contribution in [3.63, 3.8) is 0 Å². The maximum atomic E-state index is 12.4. The molecule has 2 aromatic heterocycles. The molecule has 1 aromatic carbocycles. The number of carbonyl (C=O) groups excluding carboxylic acids is 1. The van der Waals surface area contributed by atoms with Crippen molar-refractivity contribution in [1.82, 2.24) is 25.0 Å². The number of hydrogen-bond acceptors (Lipinski definition) is 5. The number of hydrogen-bond donors (Lipinski definition) is 2. The number of aromatic nitrogens is 3. The van der Waals surface area contributed by atoms with Crippen molar-refractivity contribution in [3.8, 4) is 11.1 Å². The first-order valence-electron chi connectivity index (χ1n) is 11.3. The van der Waals surface area contributed by atoms with E-state index in [0.717, 1.165) is 55.4 Å². The van der Waals surface area contributed by atoms with Crippen LogP contribution in [0, 0.1) is 0 Å². The molecule has 1 amide bonds. The van der Waals surface area contributed by atoms with Gasteiger partial charge in [-0.3, -0.25) is 14.4 Å². The summed E-state index contributed by atoms with van der Waals surface area (Å²) in [5.41, 5.74) is 3.57. The van der Waals surface area contributed by atoms with Crippen LogP contribution in [-0.2, 0) is 18.4 Å². The Hall–Kier alpha value is -2.77. The summed E-state index contributed by atoms with van der Waals surface area (Å²) in [4.78, 5) is 19.4. The average Bonchev–Trinajstić information content (AvgIpc) is 3.45. The normalized spacial score (nSPS) is 19.7. The number of aryl methyl sites for hydroxylation is 1. The number of piperidine rings is 1. The van der Waals surface area contributed by atoms with Crippen LogP contribution in [-0.4, -0.2) is 51.2 Å². The minimum atomic E-state index is -0.114. The second-order valence-corrected chi connectivity index (χ2v) is 8.74. The van der Waals surface area contributed by atoms with Crippen LogP contribution in [0.5, 0.6) is 0 Å². The molecule has 2 aliphatic rings. The van der Waals surface area contributed by atoms with Gasteiger partial charge in [0.05, 0.1) is 17.9 Å². The van der Waals surface area contributed by atoms with Crippen LogP contribution in [0.25, 0.3) is 21.9 Å². The van der Waals surface area contributed by atoms with E-state index in [4.69, 9.17) is 0 Å². The van der Waals surface area contributed by atoms with E-state index in [2.05, 4.69) is 43.8 Å². The van der Waals surface area contributed by atoms with E-state index in [1.807, 2.05) is 30.2 Å². The zero-order chi connectivity index (χ0) is 21.2. The largest absolute Gasteiger partial charge is 0.309 e. The van der Waals surface area contributed by atoms with Gasteiger partial charge in [0, 0.05) is 30.7 Å². The minimum absolute atomic E-state index is 0.00317. The van der Waals surface area contributed by atoms with Crippen LogP contribution >= 0.6 is 0 Å². The molecule has 3 aromatic rings. The van der Waals surface area contributed by atoms with Gasteiger partial charge in [0.25, 0.3) is 0 Å². The van der Waals surface area contributed by atoms with E-state index in [1.165, 1.54) is 30.5 Å². The standard InChI is InChI=1S/C24H30N6O/c1-29-22(16-30-10-3-2-4-11-30)20(15-27-29)17-7-8-18-14-26-23(13-19(18)12-17)28-24(31)21-6-5-9-25-21/h7-8,12-15,21,25H,2-6,9-11,16H2,1H3,(H,26,28,31)/t21-/m1/s1. The number of nitrogens with one attached hydrogen (secondary N) is 2. The molecule has 31 heavy (non-hydrogen) atoms. The molecule has 0 aliphatic carbocycles. The fourth-order valence-corrected chi connectivity index (χ4v) is 4.72. The van der Waals surface area contributed by atoms with Gasteiger partial charge in [-0.05, 0) is 68.4 Å². The highest BCUT2D eigenvalue weighted by Gasteiger charge is 2.22. The zero-order valence-corrected chi connectivity index (χ0v) is 18.1. The Bertz CT molecular complexity index is 1080. The lowest BCUT2D eigenvalue weighted by Crippen LogP contribution is -2.35. The molecule has 0 unspecified atom stereocenters. The van der Waals surface area contributed by atoms with Gasteiger partial charge in [-0.2, -0.15) is 5.10 Å². The molecule has 5 rings (SSSR count). The van der Waals surface area contributed by atoms with E-state index in [0.29, 0.717) is 5.82 Å². The van der Waals surface area contributed by atoms with Crippen molar-refractivity contribution in [3.05, 3.63) is 42.4 Å². The number of likely N-dealkylation sites (tertiary alicyclic amines) is 1. The Labute approximate surface area is 182 Å². The fourth-order valence-electron chi connectivity index (χ4n) is 4.72. The summed E-state index contributed by atoms with van der Waals surface area (Å²) in [5.74, 6) is 0.597. The van der Waals surface area contributed by atoms with Gasteiger partial charge in [-0.25, -0.2) is 4.98 Å². The third-order valence-electron chi connectivity index (χ3n) is 6.54. The Kier molecular flexibility index (Phi) is 5.70. The molecule has 2 fully saturated rings. The number of benzene rings is 1. The Morgan fingerprint density at radius 1 is 1.13 bits per heavy atom. The Morgan fingerprint density at radius 2 is 2.00 bits per heavy atom. The van der Waals surface area contributed by atoms with Crippen molar-refractivity contribution < 1.29 is 4.79 Å². The average molecular weight is 419 g/mol. The van der Waals surface area contributed by atoms with Gasteiger partial charge in [-0.1, -0.05) is 18.6 Å². The van der Waals surface area contributed by atoms with Gasteiger partial charge in [0.2, 0.25) is 5.91 Å². The van der Waals surface area contributed by atoms with Crippen molar-refractivity contribution in [1.29, 1.82) is 0 Å². The summed E-state index contributed by atoms with van der Waals surface area (Å²) in [6.07, 6.45) is 9.61. The summed E-state index contributed by atoms with van der Waals surface area (Å²) in [6.45, 7) is 4.15. The molecule has 1 atom stereocenters. The predicted octanol–water partition coefficient (Wildman–Crippen LogP) is 3.31. The van der Waals surface area contributed by atoms with E-state index in [-0.39, 0.29) is 11.9 Å². The van der Waals surface area contributed by atoms with Gasteiger partial charge < -0.3 is 10.6 Å². The lowest BCUT2D eigenvalue weighted by molar-refractivity contribution is -0.117. The van der Waals surface area contributed by atoms with Gasteiger partial charge in [0.15, 0.2) is 0 Å². The molecule has 7 nitrogen and oxygen atoms in total. The molecule has 0 saturated carbocycles. The van der Waals surface area contributed by atoms with Crippen LogP contribution in [0.1, 0.15) is 37.8 Å². The highest BCUT2D eigenvalue weighted by molar-refractivity contribution is 5.96. The van der Waals surface area contributed by atoms with E-state index in [9.17, 15) is 4.79 Å². The van der Waals surface area contributed by atoms with Crippen LogP contribution in [0.15, 0.2) is 36.7 Å². The second kappa shape index (κ2) is 8.77. The molecule has 7 heteroatoms. The highest BCUT2D eigenvalue weighted by Crippen LogP contribution is 2.29. The first-order valence-corrected chi connectivity index (χ1v) is 11.3. The van der Waals surface area contributed by atoms with Gasteiger partial charge >= 0.3 is 0 Å². The van der Waals surface area contributed by atoms with Gasteiger partial charge in [0.1, 0.15) is 5.82 Å². The van der Waals surface area contributed by atoms with Crippen molar-refractivity contribution in [2.75, 3.05) is 25.0 Å². The summed E-state index contributed by atoms with van der Waals surface area (Å²) in [6, 6.07) is 8.27. The SMILES string of the molecule is Cn1ncc(-c2ccc3cnc(NC(=O)[C@H]4CCCN4)cc3c2)c1CN1CCCCC1. The summed E-state index contributed by atoms with van der Waals surface area (Å²) in [7, 11) is 2.03. The molecular weight excluding hydrogens is 388 g/mol. The van der Waals surface area contributed by atoms with Crippen molar-refractivity contribution in [2.24, 2.45) is 7.05 Å². The summed E-state index contributed by atoms with van der Waals surface area (Å²) < 4.78 is 2.00. The monoisotopic (exact) mass is 418 g/mol. The lowest BCUT2D eigenvalue weighted by atomic mass is 10.0. The highest BCUT2D eigenvalue weighted by atomic mass is 16.2. The van der Waals surface area contributed by atoms with Crippen LogP contribution in [0.3, 0.4) is 0 Å². The number of fused-ring (bicyclic) bond motifs is 1. The van der Waals surface area contributed by atoms with E-state index < -0.39 is 0 Å². The van der Waals surface area contributed by atoms with Crippen LogP contribution in [0.4, 0.5) is 5.82 Å². The van der Waals surface area contributed by atoms with E-state index in [1.54, 1.807) is 0 Å².